The number of hydrogen-bond donors (Lipinski definition) is 1. The molecule has 2 aliphatic heterocycles. The molecule has 3 rings (SSSR count). The van der Waals surface area contributed by atoms with Gasteiger partial charge in [-0.2, -0.15) is 0 Å². The monoisotopic (exact) mass is 348 g/mol. The van der Waals surface area contributed by atoms with Crippen molar-refractivity contribution in [1.82, 2.24) is 29.6 Å². The molecule has 2 aliphatic rings. The van der Waals surface area contributed by atoms with Crippen LogP contribution in [-0.2, 0) is 22.6 Å². The Kier molecular flexibility index (Phi) is 4.91. The average molecular weight is 348 g/mol. The van der Waals surface area contributed by atoms with Crippen LogP contribution in [0, 0.1) is 0 Å². The Morgan fingerprint density at radius 2 is 2.16 bits per heavy atom. The van der Waals surface area contributed by atoms with Crippen molar-refractivity contribution in [3.63, 3.8) is 0 Å². The van der Waals surface area contributed by atoms with Crippen LogP contribution in [0.2, 0.25) is 0 Å². The summed E-state index contributed by atoms with van der Waals surface area (Å²) in [7, 11) is 1.62. The zero-order valence-electron chi connectivity index (χ0n) is 14.6. The van der Waals surface area contributed by atoms with Crippen molar-refractivity contribution in [2.75, 3.05) is 39.8 Å². The second-order valence-electron chi connectivity index (χ2n) is 6.37. The average Bonchev–Trinajstić information content (AvgIpc) is 3.06. The summed E-state index contributed by atoms with van der Waals surface area (Å²) < 4.78 is 2.01. The molecule has 0 bridgehead atoms. The van der Waals surface area contributed by atoms with Gasteiger partial charge in [0.2, 0.25) is 11.8 Å². The highest BCUT2D eigenvalue weighted by Crippen LogP contribution is 2.17. The molecule has 136 valence electrons. The number of amides is 4. The number of carbonyl (C=O) groups excluding carboxylic acids is 3. The Morgan fingerprint density at radius 3 is 2.92 bits per heavy atom. The van der Waals surface area contributed by atoms with Crippen molar-refractivity contribution in [3.8, 4) is 0 Å². The molecule has 0 unspecified atom stereocenters. The van der Waals surface area contributed by atoms with Crippen molar-refractivity contribution < 1.29 is 14.4 Å². The molecule has 0 aromatic carbocycles. The van der Waals surface area contributed by atoms with E-state index in [1.165, 1.54) is 4.90 Å². The van der Waals surface area contributed by atoms with Gasteiger partial charge in [0.15, 0.2) is 0 Å². The number of aromatic nitrogens is 2. The number of urea groups is 1. The molecule has 0 aliphatic carbocycles. The van der Waals surface area contributed by atoms with Crippen LogP contribution in [0.3, 0.4) is 0 Å². The molecule has 1 aromatic heterocycles. The smallest absolute Gasteiger partial charge is 0.317 e. The number of rotatable bonds is 4. The van der Waals surface area contributed by atoms with Gasteiger partial charge in [-0.25, -0.2) is 9.78 Å². The van der Waals surface area contributed by atoms with Crippen LogP contribution in [-0.4, -0.2) is 87.9 Å². The maximum absolute atomic E-state index is 12.4. The van der Waals surface area contributed by atoms with Gasteiger partial charge in [-0.1, -0.05) is 6.92 Å². The second kappa shape index (κ2) is 7.12. The second-order valence-corrected chi connectivity index (χ2v) is 6.37. The van der Waals surface area contributed by atoms with Gasteiger partial charge in [0.05, 0.1) is 13.1 Å². The van der Waals surface area contributed by atoms with Crippen molar-refractivity contribution in [1.29, 1.82) is 0 Å². The Labute approximate surface area is 146 Å². The van der Waals surface area contributed by atoms with E-state index in [1.807, 2.05) is 17.7 Å². The number of fused-ring (bicyclic) bond motifs is 1. The molecule has 0 spiro atoms. The lowest BCUT2D eigenvalue weighted by Crippen LogP contribution is -2.67. The van der Waals surface area contributed by atoms with E-state index < -0.39 is 6.04 Å². The van der Waals surface area contributed by atoms with Gasteiger partial charge < -0.3 is 24.6 Å². The van der Waals surface area contributed by atoms with Crippen molar-refractivity contribution in [3.05, 3.63) is 18.2 Å². The molecule has 0 saturated carbocycles. The lowest BCUT2D eigenvalue weighted by Gasteiger charge is -2.45. The van der Waals surface area contributed by atoms with E-state index in [4.69, 9.17) is 0 Å². The minimum absolute atomic E-state index is 0.0561. The van der Waals surface area contributed by atoms with E-state index in [0.717, 1.165) is 12.2 Å². The first-order valence-corrected chi connectivity index (χ1v) is 8.58. The maximum atomic E-state index is 12.4. The van der Waals surface area contributed by atoms with Gasteiger partial charge in [-0.3, -0.25) is 9.59 Å². The SMILES string of the molecule is CCc1nccn1CCNC(=O)N1CCN2C(=O)CN(C)C(=O)[C@@H]2C1. The number of nitrogens with zero attached hydrogens (tertiary/aromatic N) is 5. The van der Waals surface area contributed by atoms with Crippen LogP contribution in [0.4, 0.5) is 4.79 Å². The predicted octanol–water partition coefficient (Wildman–Crippen LogP) is -0.860. The highest BCUT2D eigenvalue weighted by atomic mass is 16.2. The highest BCUT2D eigenvalue weighted by molar-refractivity contribution is 5.95. The molecule has 9 nitrogen and oxygen atoms in total. The van der Waals surface area contributed by atoms with E-state index in [0.29, 0.717) is 26.2 Å². The summed E-state index contributed by atoms with van der Waals surface area (Å²) in [6.45, 7) is 4.38. The lowest BCUT2D eigenvalue weighted by atomic mass is 10.1. The van der Waals surface area contributed by atoms with Gasteiger partial charge in [0, 0.05) is 52.0 Å². The van der Waals surface area contributed by atoms with Crippen molar-refractivity contribution in [2.45, 2.75) is 25.9 Å². The number of nitrogens with one attached hydrogen (secondary N) is 1. The molecule has 4 amide bonds. The summed E-state index contributed by atoms with van der Waals surface area (Å²) >= 11 is 0. The molecule has 9 heteroatoms. The quantitative estimate of drug-likeness (QED) is 0.767. The first-order chi connectivity index (χ1) is 12.0. The molecule has 25 heavy (non-hydrogen) atoms. The Morgan fingerprint density at radius 1 is 1.36 bits per heavy atom. The fraction of sp³-hybridized carbons (Fsp3) is 0.625. The molecular weight excluding hydrogens is 324 g/mol. The fourth-order valence-corrected chi connectivity index (χ4v) is 3.36. The topological polar surface area (TPSA) is 90.8 Å². The standard InChI is InChI=1S/C16H24N6O3/c1-3-13-17-4-6-20(13)7-5-18-16(25)21-8-9-22-12(10-21)15(24)19(2)11-14(22)23/h4,6,12H,3,5,7-11H2,1-2H3,(H,18,25)/t12-/m0/s1. The van der Waals surface area contributed by atoms with Gasteiger partial charge in [-0.15, -0.1) is 0 Å². The highest BCUT2D eigenvalue weighted by Gasteiger charge is 2.42. The fourth-order valence-electron chi connectivity index (χ4n) is 3.36. The van der Waals surface area contributed by atoms with Crippen LogP contribution < -0.4 is 5.32 Å². The van der Waals surface area contributed by atoms with Gasteiger partial charge in [0.25, 0.3) is 0 Å². The summed E-state index contributed by atoms with van der Waals surface area (Å²) in [5, 5.41) is 2.88. The molecule has 3 heterocycles. The van der Waals surface area contributed by atoms with E-state index in [-0.39, 0.29) is 30.9 Å². The van der Waals surface area contributed by atoms with Gasteiger partial charge in [-0.05, 0) is 0 Å². The minimum Gasteiger partial charge on any atom is -0.336 e. The lowest BCUT2D eigenvalue weighted by molar-refractivity contribution is -0.157. The molecule has 2 saturated heterocycles. The summed E-state index contributed by atoms with van der Waals surface area (Å²) in [5.74, 6) is 0.819. The molecule has 0 radical (unpaired) electrons. The first kappa shape index (κ1) is 17.2. The summed E-state index contributed by atoms with van der Waals surface area (Å²) in [6, 6.07) is -0.766. The third-order valence-electron chi connectivity index (χ3n) is 4.77. The number of imidazole rings is 1. The minimum atomic E-state index is -0.564. The molecule has 1 N–H and O–H groups in total. The number of aryl methyl sites for hydroxylation is 1. The molecule has 1 aromatic rings. The van der Waals surface area contributed by atoms with Gasteiger partial charge >= 0.3 is 6.03 Å². The number of likely N-dealkylation sites (N-methyl/N-ethyl adjacent to an activating group) is 1. The Balaban J connectivity index is 1.53. The van der Waals surface area contributed by atoms with Crippen LogP contribution in [0.15, 0.2) is 12.4 Å². The van der Waals surface area contributed by atoms with Crippen molar-refractivity contribution in [2.24, 2.45) is 0 Å². The number of hydrogen-bond acceptors (Lipinski definition) is 4. The molecule has 2 fully saturated rings. The van der Waals surface area contributed by atoms with Crippen LogP contribution in [0.25, 0.3) is 0 Å². The van der Waals surface area contributed by atoms with E-state index in [9.17, 15) is 14.4 Å². The van der Waals surface area contributed by atoms with E-state index in [2.05, 4.69) is 10.3 Å². The van der Waals surface area contributed by atoms with E-state index in [1.54, 1.807) is 23.0 Å². The first-order valence-electron chi connectivity index (χ1n) is 8.58. The largest absolute Gasteiger partial charge is 0.336 e. The maximum Gasteiger partial charge on any atom is 0.317 e. The Hall–Kier alpha value is -2.58. The van der Waals surface area contributed by atoms with Crippen LogP contribution in [0.1, 0.15) is 12.7 Å². The third kappa shape index (κ3) is 3.45. The van der Waals surface area contributed by atoms with Crippen LogP contribution >= 0.6 is 0 Å². The summed E-state index contributed by atoms with van der Waals surface area (Å²) in [4.78, 5) is 45.6. The van der Waals surface area contributed by atoms with Gasteiger partial charge in [0.1, 0.15) is 11.9 Å². The zero-order valence-corrected chi connectivity index (χ0v) is 14.6. The number of piperazine rings is 2. The Bertz CT molecular complexity index is 673. The summed E-state index contributed by atoms with van der Waals surface area (Å²) in [6.07, 6.45) is 4.49. The predicted molar refractivity (Wildman–Crippen MR) is 89.7 cm³/mol. The molecule has 1 atom stereocenters. The van der Waals surface area contributed by atoms with Crippen LogP contribution in [0.5, 0.6) is 0 Å². The normalized spacial score (nSPS) is 20.7. The van der Waals surface area contributed by atoms with Crippen molar-refractivity contribution >= 4 is 17.8 Å². The van der Waals surface area contributed by atoms with E-state index >= 15 is 0 Å². The molecular formula is C16H24N6O3. The zero-order chi connectivity index (χ0) is 18.0. The third-order valence-corrected chi connectivity index (χ3v) is 4.77. The summed E-state index contributed by atoms with van der Waals surface area (Å²) in [5.41, 5.74) is 0. The number of carbonyl (C=O) groups is 3.